The molecule has 0 bridgehead atoms. The predicted molar refractivity (Wildman–Crippen MR) is 70.5 cm³/mol. The molecule has 1 aromatic rings. The Bertz CT molecular complexity index is 436. The molecule has 5 heteroatoms. The molecular weight excluding hydrogens is 230 g/mol. The van der Waals surface area contributed by atoms with E-state index in [0.717, 1.165) is 18.8 Å². The van der Waals surface area contributed by atoms with E-state index in [1.807, 2.05) is 0 Å². The Morgan fingerprint density at radius 1 is 1.39 bits per heavy atom. The Balaban J connectivity index is 2.08. The summed E-state index contributed by atoms with van der Waals surface area (Å²) in [4.78, 5) is 14.3. The fraction of sp³-hybridized carbons (Fsp3) is 0.615. The summed E-state index contributed by atoms with van der Waals surface area (Å²) in [5.74, 6) is 1.41. The molecule has 0 radical (unpaired) electrons. The molecule has 0 aromatic carbocycles. The van der Waals surface area contributed by atoms with E-state index in [9.17, 15) is 10.1 Å². The minimum Gasteiger partial charge on any atom is -0.377 e. The van der Waals surface area contributed by atoms with Gasteiger partial charge in [-0.1, -0.05) is 13.8 Å². The van der Waals surface area contributed by atoms with E-state index in [4.69, 9.17) is 0 Å². The van der Waals surface area contributed by atoms with Crippen molar-refractivity contribution in [1.82, 2.24) is 4.98 Å². The third kappa shape index (κ3) is 2.78. The van der Waals surface area contributed by atoms with Crippen molar-refractivity contribution in [2.24, 2.45) is 11.8 Å². The van der Waals surface area contributed by atoms with Gasteiger partial charge in [0.2, 0.25) is 0 Å². The van der Waals surface area contributed by atoms with Crippen LogP contribution in [0, 0.1) is 22.0 Å². The molecule has 1 aromatic heterocycles. The number of hydrogen-bond donors (Lipinski definition) is 1. The van der Waals surface area contributed by atoms with Gasteiger partial charge < -0.3 is 5.32 Å². The molecule has 2 rings (SSSR count). The first-order chi connectivity index (χ1) is 8.58. The fourth-order valence-corrected chi connectivity index (χ4v) is 2.55. The first-order valence-corrected chi connectivity index (χ1v) is 6.43. The van der Waals surface area contributed by atoms with Crippen LogP contribution < -0.4 is 5.32 Å². The van der Waals surface area contributed by atoms with E-state index >= 15 is 0 Å². The summed E-state index contributed by atoms with van der Waals surface area (Å²) in [6.45, 7) is 4.52. The molecule has 1 aliphatic rings. The van der Waals surface area contributed by atoms with Gasteiger partial charge in [-0.15, -0.1) is 0 Å². The van der Waals surface area contributed by atoms with Gasteiger partial charge in [0.15, 0.2) is 0 Å². The van der Waals surface area contributed by atoms with Crippen LogP contribution in [0.4, 0.5) is 11.4 Å². The van der Waals surface area contributed by atoms with Gasteiger partial charge in [0.25, 0.3) is 0 Å². The van der Waals surface area contributed by atoms with Crippen molar-refractivity contribution < 1.29 is 4.92 Å². The minimum atomic E-state index is -0.385. The van der Waals surface area contributed by atoms with Crippen molar-refractivity contribution in [3.8, 4) is 0 Å². The molecule has 0 amide bonds. The van der Waals surface area contributed by atoms with Gasteiger partial charge in [-0.25, -0.2) is 0 Å². The SMILES string of the molecule is CC1CCC(Nc2ccncc2[N+](=O)[O-])CC1C. The number of anilines is 1. The first kappa shape index (κ1) is 12.8. The maximum Gasteiger partial charge on any atom is 0.310 e. The van der Waals surface area contributed by atoms with Crippen molar-refractivity contribution in [2.75, 3.05) is 5.32 Å². The Kier molecular flexibility index (Phi) is 3.79. The van der Waals surface area contributed by atoms with E-state index in [0.29, 0.717) is 17.6 Å². The lowest BCUT2D eigenvalue weighted by Crippen LogP contribution is -2.30. The monoisotopic (exact) mass is 249 g/mol. The summed E-state index contributed by atoms with van der Waals surface area (Å²) in [5, 5.41) is 14.2. The molecule has 0 aliphatic heterocycles. The standard InChI is InChI=1S/C13H19N3O2/c1-9-3-4-11(7-10(9)2)15-12-5-6-14-8-13(12)16(17)18/h5-6,8-11H,3-4,7H2,1-2H3,(H,14,15). The van der Waals surface area contributed by atoms with Crippen LogP contribution in [0.25, 0.3) is 0 Å². The van der Waals surface area contributed by atoms with Crippen LogP contribution in [0.2, 0.25) is 0 Å². The lowest BCUT2D eigenvalue weighted by Gasteiger charge is -2.32. The Hall–Kier alpha value is -1.65. The lowest BCUT2D eigenvalue weighted by atomic mass is 9.79. The molecule has 1 heterocycles. The predicted octanol–water partition coefficient (Wildman–Crippen LogP) is 3.23. The molecule has 98 valence electrons. The number of nitrogens with zero attached hydrogens (tertiary/aromatic N) is 2. The summed E-state index contributed by atoms with van der Waals surface area (Å²) in [7, 11) is 0. The molecule has 1 N–H and O–H groups in total. The van der Waals surface area contributed by atoms with Crippen molar-refractivity contribution in [3.63, 3.8) is 0 Å². The number of aromatic nitrogens is 1. The third-order valence-corrected chi connectivity index (χ3v) is 3.95. The largest absolute Gasteiger partial charge is 0.377 e. The van der Waals surface area contributed by atoms with Gasteiger partial charge in [-0.3, -0.25) is 15.1 Å². The average molecular weight is 249 g/mol. The lowest BCUT2D eigenvalue weighted by molar-refractivity contribution is -0.384. The van der Waals surface area contributed by atoms with Gasteiger partial charge in [-0.05, 0) is 37.2 Å². The minimum absolute atomic E-state index is 0.0591. The van der Waals surface area contributed by atoms with E-state index in [-0.39, 0.29) is 10.6 Å². The summed E-state index contributed by atoms with van der Waals surface area (Å²) in [6.07, 6.45) is 6.21. The fourth-order valence-electron chi connectivity index (χ4n) is 2.55. The molecule has 3 atom stereocenters. The van der Waals surface area contributed by atoms with Gasteiger partial charge in [0.05, 0.1) is 4.92 Å². The van der Waals surface area contributed by atoms with Crippen LogP contribution in [0.3, 0.4) is 0 Å². The number of rotatable bonds is 3. The molecule has 1 fully saturated rings. The highest BCUT2D eigenvalue weighted by molar-refractivity contribution is 5.60. The molecule has 5 nitrogen and oxygen atoms in total. The average Bonchev–Trinajstić information content (AvgIpc) is 2.34. The maximum atomic E-state index is 10.9. The summed E-state index contributed by atoms with van der Waals surface area (Å²) in [6, 6.07) is 2.01. The van der Waals surface area contributed by atoms with E-state index < -0.39 is 0 Å². The number of nitro groups is 1. The van der Waals surface area contributed by atoms with Crippen molar-refractivity contribution in [3.05, 3.63) is 28.6 Å². The second kappa shape index (κ2) is 5.33. The second-order valence-electron chi connectivity index (χ2n) is 5.26. The zero-order valence-electron chi connectivity index (χ0n) is 10.8. The van der Waals surface area contributed by atoms with E-state index in [1.54, 1.807) is 12.3 Å². The van der Waals surface area contributed by atoms with Crippen LogP contribution in [0.1, 0.15) is 33.1 Å². The van der Waals surface area contributed by atoms with Crippen molar-refractivity contribution in [2.45, 2.75) is 39.2 Å². The Morgan fingerprint density at radius 2 is 2.17 bits per heavy atom. The van der Waals surface area contributed by atoms with Gasteiger partial charge in [-0.2, -0.15) is 0 Å². The molecule has 3 unspecified atom stereocenters. The molecule has 0 saturated heterocycles. The highest BCUT2D eigenvalue weighted by Gasteiger charge is 2.26. The van der Waals surface area contributed by atoms with Gasteiger partial charge in [0.1, 0.15) is 11.9 Å². The smallest absolute Gasteiger partial charge is 0.310 e. The summed E-state index contributed by atoms with van der Waals surface area (Å²) < 4.78 is 0. The van der Waals surface area contributed by atoms with Gasteiger partial charge in [0, 0.05) is 12.2 Å². The molecule has 1 aliphatic carbocycles. The molecule has 0 spiro atoms. The number of pyridine rings is 1. The van der Waals surface area contributed by atoms with Crippen molar-refractivity contribution >= 4 is 11.4 Å². The topological polar surface area (TPSA) is 68.1 Å². The molecule has 18 heavy (non-hydrogen) atoms. The zero-order valence-corrected chi connectivity index (χ0v) is 10.8. The van der Waals surface area contributed by atoms with Gasteiger partial charge >= 0.3 is 5.69 Å². The normalized spacial score (nSPS) is 27.8. The summed E-state index contributed by atoms with van der Waals surface area (Å²) >= 11 is 0. The van der Waals surface area contributed by atoms with Crippen LogP contribution in [0.15, 0.2) is 18.5 Å². The van der Waals surface area contributed by atoms with E-state index in [2.05, 4.69) is 24.1 Å². The molecular formula is C13H19N3O2. The Morgan fingerprint density at radius 3 is 2.83 bits per heavy atom. The van der Waals surface area contributed by atoms with Crippen molar-refractivity contribution in [1.29, 1.82) is 0 Å². The summed E-state index contributed by atoms with van der Waals surface area (Å²) in [5.41, 5.74) is 0.644. The number of nitrogens with one attached hydrogen (secondary N) is 1. The van der Waals surface area contributed by atoms with Crippen LogP contribution in [0.5, 0.6) is 0 Å². The van der Waals surface area contributed by atoms with Crippen LogP contribution in [-0.4, -0.2) is 15.9 Å². The highest BCUT2D eigenvalue weighted by Crippen LogP contribution is 2.32. The van der Waals surface area contributed by atoms with Crippen LogP contribution >= 0.6 is 0 Å². The first-order valence-electron chi connectivity index (χ1n) is 6.43. The van der Waals surface area contributed by atoms with E-state index in [1.165, 1.54) is 12.6 Å². The highest BCUT2D eigenvalue weighted by atomic mass is 16.6. The Labute approximate surface area is 107 Å². The maximum absolute atomic E-state index is 10.9. The third-order valence-electron chi connectivity index (χ3n) is 3.95. The second-order valence-corrected chi connectivity index (χ2v) is 5.26. The number of hydrogen-bond acceptors (Lipinski definition) is 4. The quantitative estimate of drug-likeness (QED) is 0.659. The van der Waals surface area contributed by atoms with Crippen LogP contribution in [-0.2, 0) is 0 Å². The molecule has 1 saturated carbocycles. The zero-order chi connectivity index (χ0) is 13.1.